The van der Waals surface area contributed by atoms with Gasteiger partial charge in [0.2, 0.25) is 0 Å². The van der Waals surface area contributed by atoms with E-state index in [2.05, 4.69) is 4.74 Å². The Balaban J connectivity index is 2.78. The number of hydrogen-bond donors (Lipinski definition) is 0. The molecule has 0 bridgehead atoms. The quantitative estimate of drug-likeness (QED) is 0.317. The van der Waals surface area contributed by atoms with Crippen LogP contribution in [0.4, 0.5) is 0 Å². The molecule has 0 aromatic carbocycles. The molecule has 0 saturated carbocycles. The number of carbonyl (C=O) groups excluding carboxylic acids is 1. The minimum absolute atomic E-state index is 0.482. The van der Waals surface area contributed by atoms with E-state index in [4.69, 9.17) is 5.26 Å². The number of unbranched alkanes of at least 4 members (excludes halogenated alkanes) is 3. The van der Waals surface area contributed by atoms with E-state index in [9.17, 15) is 4.79 Å². The number of hydrogen-bond acceptors (Lipinski definition) is 3. The van der Waals surface area contributed by atoms with Crippen molar-refractivity contribution in [1.29, 1.82) is 5.26 Å². The van der Waals surface area contributed by atoms with Gasteiger partial charge in [-0.05, 0) is 19.3 Å². The summed E-state index contributed by atoms with van der Waals surface area (Å²) < 4.78 is 4.43. The van der Waals surface area contributed by atoms with Gasteiger partial charge in [-0.2, -0.15) is 5.26 Å². The highest BCUT2D eigenvalue weighted by Crippen LogP contribution is 1.97. The van der Waals surface area contributed by atoms with Gasteiger partial charge in [0.25, 0.3) is 6.26 Å². The molecule has 0 atom stereocenters. The van der Waals surface area contributed by atoms with Crippen molar-refractivity contribution in [3.8, 4) is 6.26 Å². The number of nitrogens with zero attached hydrogens (tertiary/aromatic N) is 1. The zero-order valence-corrected chi connectivity index (χ0v) is 5.88. The monoisotopic (exact) mass is 141 g/mol. The maximum absolute atomic E-state index is 9.81. The summed E-state index contributed by atoms with van der Waals surface area (Å²) in [7, 11) is 0. The van der Waals surface area contributed by atoms with E-state index >= 15 is 0 Å². The Morgan fingerprint density at radius 1 is 1.40 bits per heavy atom. The average molecular weight is 141 g/mol. The van der Waals surface area contributed by atoms with Gasteiger partial charge in [-0.15, -0.1) is 0 Å². The van der Waals surface area contributed by atoms with Gasteiger partial charge in [-0.3, -0.25) is 0 Å². The summed E-state index contributed by atoms with van der Waals surface area (Å²) >= 11 is 0. The molecule has 0 amide bonds. The number of aldehydes is 1. The molecule has 56 valence electrons. The minimum Gasteiger partial charge on any atom is -0.428 e. The Morgan fingerprint density at radius 3 is 2.80 bits per heavy atom. The largest absolute Gasteiger partial charge is 0.428 e. The number of rotatable bonds is 6. The number of carbonyl (C=O) groups is 1. The molecule has 0 saturated heterocycles. The van der Waals surface area contributed by atoms with Crippen molar-refractivity contribution in [3.63, 3.8) is 0 Å². The number of ether oxygens (including phenoxy) is 1. The van der Waals surface area contributed by atoms with Crippen LogP contribution in [0.3, 0.4) is 0 Å². The molecule has 0 aromatic rings. The lowest BCUT2D eigenvalue weighted by Gasteiger charge is -1.94. The average Bonchev–Trinajstić information content (AvgIpc) is 1.97. The van der Waals surface area contributed by atoms with Crippen molar-refractivity contribution >= 4 is 6.29 Å². The summed E-state index contributed by atoms with van der Waals surface area (Å²) in [5.41, 5.74) is 0. The lowest BCUT2D eigenvalue weighted by atomic mass is 10.2. The Kier molecular flexibility index (Phi) is 7.13. The molecule has 0 aliphatic carbocycles. The van der Waals surface area contributed by atoms with E-state index in [0.717, 1.165) is 25.5 Å². The van der Waals surface area contributed by atoms with Gasteiger partial charge in [0.15, 0.2) is 0 Å². The summed E-state index contributed by atoms with van der Waals surface area (Å²) in [5, 5.41) is 7.94. The first kappa shape index (κ1) is 8.96. The number of nitriles is 1. The third-order valence-electron chi connectivity index (χ3n) is 1.13. The zero-order valence-electron chi connectivity index (χ0n) is 5.88. The van der Waals surface area contributed by atoms with Gasteiger partial charge >= 0.3 is 0 Å². The van der Waals surface area contributed by atoms with Gasteiger partial charge in [-0.1, -0.05) is 0 Å². The van der Waals surface area contributed by atoms with Crippen molar-refractivity contribution in [1.82, 2.24) is 0 Å². The van der Waals surface area contributed by atoms with Crippen LogP contribution in [0.2, 0.25) is 0 Å². The van der Waals surface area contributed by atoms with Crippen LogP contribution in [0.5, 0.6) is 0 Å². The molecular weight excluding hydrogens is 130 g/mol. The van der Waals surface area contributed by atoms with Crippen LogP contribution < -0.4 is 0 Å². The van der Waals surface area contributed by atoms with E-state index in [0.29, 0.717) is 13.0 Å². The normalized spacial score (nSPS) is 8.30. The summed E-state index contributed by atoms with van der Waals surface area (Å²) in [5.74, 6) is 0. The summed E-state index contributed by atoms with van der Waals surface area (Å²) in [6, 6.07) is 0. The molecule has 0 N–H and O–H groups in total. The fourth-order valence-corrected chi connectivity index (χ4v) is 0.624. The van der Waals surface area contributed by atoms with Gasteiger partial charge < -0.3 is 9.53 Å². The van der Waals surface area contributed by atoms with Crippen molar-refractivity contribution in [3.05, 3.63) is 0 Å². The Bertz CT molecular complexity index is 117. The standard InChI is InChI=1S/C7H11NO2/c8-7-10-6-4-2-1-3-5-9/h5H,1-4,6H2. The SMILES string of the molecule is N#COCCCCCC=O. The molecule has 0 aliphatic heterocycles. The second kappa shape index (κ2) is 7.96. The first-order chi connectivity index (χ1) is 4.91. The molecule has 0 heterocycles. The van der Waals surface area contributed by atoms with E-state index in [1.807, 2.05) is 0 Å². The summed E-state index contributed by atoms with van der Waals surface area (Å²) in [4.78, 5) is 9.81. The zero-order chi connectivity index (χ0) is 7.66. The topological polar surface area (TPSA) is 50.1 Å². The molecule has 0 spiro atoms. The molecule has 0 rings (SSSR count). The lowest BCUT2D eigenvalue weighted by Crippen LogP contribution is -1.87. The summed E-state index contributed by atoms with van der Waals surface area (Å²) in [6.45, 7) is 0.482. The van der Waals surface area contributed by atoms with E-state index in [1.54, 1.807) is 6.26 Å². The smallest absolute Gasteiger partial charge is 0.286 e. The highest BCUT2D eigenvalue weighted by Gasteiger charge is 1.87. The van der Waals surface area contributed by atoms with Crippen LogP contribution in [0.1, 0.15) is 25.7 Å². The third-order valence-corrected chi connectivity index (χ3v) is 1.13. The van der Waals surface area contributed by atoms with Crippen LogP contribution in [0.15, 0.2) is 0 Å². The molecule has 0 unspecified atom stereocenters. The van der Waals surface area contributed by atoms with Gasteiger partial charge in [0, 0.05) is 6.42 Å². The molecular formula is C7H11NO2. The second-order valence-corrected chi connectivity index (χ2v) is 1.96. The molecule has 3 nitrogen and oxygen atoms in total. The Morgan fingerprint density at radius 2 is 2.20 bits per heavy atom. The molecule has 0 radical (unpaired) electrons. The van der Waals surface area contributed by atoms with Crippen LogP contribution in [-0.2, 0) is 9.53 Å². The van der Waals surface area contributed by atoms with Crippen molar-refractivity contribution in [2.75, 3.05) is 6.61 Å². The molecule has 0 aromatic heterocycles. The van der Waals surface area contributed by atoms with Crippen LogP contribution in [0.25, 0.3) is 0 Å². The second-order valence-electron chi connectivity index (χ2n) is 1.96. The van der Waals surface area contributed by atoms with Gasteiger partial charge in [0.05, 0.1) is 0 Å². The van der Waals surface area contributed by atoms with Crippen molar-refractivity contribution in [2.24, 2.45) is 0 Å². The predicted octanol–water partition coefficient (Wildman–Crippen LogP) is 1.24. The first-order valence-electron chi connectivity index (χ1n) is 3.36. The Labute approximate surface area is 60.6 Å². The fourth-order valence-electron chi connectivity index (χ4n) is 0.624. The minimum atomic E-state index is 0.482. The molecule has 3 heteroatoms. The summed E-state index contributed by atoms with van der Waals surface area (Å²) in [6.07, 6.45) is 5.84. The predicted molar refractivity (Wildman–Crippen MR) is 36.1 cm³/mol. The highest BCUT2D eigenvalue weighted by atomic mass is 16.5. The lowest BCUT2D eigenvalue weighted by molar-refractivity contribution is -0.107. The molecule has 0 fully saturated rings. The van der Waals surface area contributed by atoms with Crippen molar-refractivity contribution in [2.45, 2.75) is 25.7 Å². The van der Waals surface area contributed by atoms with Gasteiger partial charge in [-0.25, -0.2) is 0 Å². The van der Waals surface area contributed by atoms with E-state index < -0.39 is 0 Å². The molecule has 10 heavy (non-hydrogen) atoms. The maximum Gasteiger partial charge on any atom is 0.286 e. The fraction of sp³-hybridized carbons (Fsp3) is 0.714. The third kappa shape index (κ3) is 6.96. The van der Waals surface area contributed by atoms with Crippen LogP contribution in [0, 0.1) is 11.5 Å². The Hall–Kier alpha value is -1.04. The van der Waals surface area contributed by atoms with Crippen LogP contribution in [-0.4, -0.2) is 12.9 Å². The van der Waals surface area contributed by atoms with E-state index in [1.165, 1.54) is 0 Å². The van der Waals surface area contributed by atoms with Crippen LogP contribution >= 0.6 is 0 Å². The molecule has 0 aliphatic rings. The maximum atomic E-state index is 9.81. The van der Waals surface area contributed by atoms with Crippen molar-refractivity contribution < 1.29 is 9.53 Å². The highest BCUT2D eigenvalue weighted by molar-refractivity contribution is 5.48. The van der Waals surface area contributed by atoms with E-state index in [-0.39, 0.29) is 0 Å². The first-order valence-corrected chi connectivity index (χ1v) is 3.36. The van der Waals surface area contributed by atoms with Gasteiger partial charge in [0.1, 0.15) is 12.9 Å².